The second-order valence-corrected chi connectivity index (χ2v) is 24.8. The molecule has 356 valence electrons. The summed E-state index contributed by atoms with van der Waals surface area (Å²) in [5.74, 6) is -2.86. The van der Waals surface area contributed by atoms with Crippen LogP contribution >= 0.6 is 0 Å². The molecule has 5 aliphatic rings. The van der Waals surface area contributed by atoms with Crippen molar-refractivity contribution in [3.8, 4) is 0 Å². The van der Waals surface area contributed by atoms with Gasteiger partial charge in [-0.05, 0) is 132 Å². The summed E-state index contributed by atoms with van der Waals surface area (Å²) in [6, 6.07) is 0. The number of aliphatic carboxylic acids is 3. The van der Waals surface area contributed by atoms with Crippen molar-refractivity contribution in [2.45, 2.75) is 185 Å². The maximum Gasteiger partial charge on any atom is 0.306 e. The highest BCUT2D eigenvalue weighted by atomic mass is 16.5. The first-order valence-corrected chi connectivity index (χ1v) is 23.7. The van der Waals surface area contributed by atoms with Crippen molar-refractivity contribution in [2.24, 2.45) is 72.9 Å². The second-order valence-electron chi connectivity index (χ2n) is 24.8. The summed E-state index contributed by atoms with van der Waals surface area (Å²) in [5.41, 5.74) is -2.04. The quantitative estimate of drug-likeness (QED) is 0.0672. The van der Waals surface area contributed by atoms with Gasteiger partial charge in [0.1, 0.15) is 12.7 Å². The normalized spacial score (nSPS) is 34.8. The molecule has 0 saturated heterocycles. The molecule has 3 N–H and O–H groups in total. The van der Waals surface area contributed by atoms with Crippen LogP contribution in [-0.4, -0.2) is 70.5 Å². The van der Waals surface area contributed by atoms with Crippen molar-refractivity contribution in [1.82, 2.24) is 0 Å². The number of carbonyl (C=O) groups is 6. The van der Waals surface area contributed by atoms with Crippen LogP contribution in [0.2, 0.25) is 0 Å². The zero-order valence-corrected chi connectivity index (χ0v) is 40.4. The van der Waals surface area contributed by atoms with Gasteiger partial charge in [0.25, 0.3) is 0 Å². The average Bonchev–Trinajstić information content (AvgIpc) is 3.49. The molecule has 63 heavy (non-hydrogen) atoms. The van der Waals surface area contributed by atoms with Gasteiger partial charge in [0, 0.05) is 10.8 Å². The van der Waals surface area contributed by atoms with Crippen LogP contribution in [0, 0.1) is 72.9 Å². The molecule has 0 aliphatic heterocycles. The minimum Gasteiger partial charge on any atom is -0.481 e. The van der Waals surface area contributed by atoms with E-state index in [1.165, 1.54) is 0 Å². The number of rotatable bonds is 18. The Labute approximate surface area is 376 Å². The minimum absolute atomic E-state index is 0.00405. The van der Waals surface area contributed by atoms with E-state index >= 15 is 0 Å². The molecular weight excluding hydrogens is 805 g/mol. The summed E-state index contributed by atoms with van der Waals surface area (Å²) in [6.07, 6.45) is 8.65. The molecule has 12 heteroatoms. The third-order valence-corrected chi connectivity index (χ3v) is 18.0. The molecule has 5 fully saturated rings. The Kier molecular flexibility index (Phi) is 14.2. The highest BCUT2D eigenvalue weighted by molar-refractivity contribution is 5.74. The van der Waals surface area contributed by atoms with Crippen LogP contribution < -0.4 is 0 Å². The molecule has 0 amide bonds. The first-order chi connectivity index (χ1) is 28.8. The second kappa shape index (κ2) is 17.7. The van der Waals surface area contributed by atoms with Crippen molar-refractivity contribution >= 4 is 35.8 Å². The lowest BCUT2D eigenvalue weighted by Gasteiger charge is -2.73. The van der Waals surface area contributed by atoms with Crippen molar-refractivity contribution in [3.05, 3.63) is 12.2 Å². The predicted molar refractivity (Wildman–Crippen MR) is 237 cm³/mol. The standard InChI is InChI=1S/C51H80O12/c1-31(29-61-40(58)26-44(2,3)23-37(52)53)32-15-20-51(30-62-41(59)27-45(4,5)24-38(54)55)22-21-49(11)33(43(32)51)13-14-35-48(10)18-17-36(47(8,9)34(48)16-19-50(35,49)12)63-42(60)28-46(6,7)25-39(56)57/h32-36,43H,1,13-30H2,2-12H3,(H,52,53)(H,54,55)(H,56,57)/t32-,33+,34-,35+,36?,43+,48-,49+,50+,51+/m0/s1. The van der Waals surface area contributed by atoms with E-state index in [-0.39, 0.29) is 109 Å². The zero-order valence-electron chi connectivity index (χ0n) is 40.4. The van der Waals surface area contributed by atoms with E-state index in [0.29, 0.717) is 11.8 Å². The van der Waals surface area contributed by atoms with E-state index in [4.69, 9.17) is 14.2 Å². The van der Waals surface area contributed by atoms with Crippen molar-refractivity contribution < 1.29 is 58.3 Å². The molecule has 5 rings (SSSR count). The average molecular weight is 885 g/mol. The maximum absolute atomic E-state index is 13.5. The van der Waals surface area contributed by atoms with Gasteiger partial charge in [0.15, 0.2) is 0 Å². The van der Waals surface area contributed by atoms with Gasteiger partial charge in [0.05, 0.1) is 45.1 Å². The van der Waals surface area contributed by atoms with Gasteiger partial charge in [-0.15, -0.1) is 0 Å². The summed E-state index contributed by atoms with van der Waals surface area (Å²) in [5, 5.41) is 28.2. The smallest absolute Gasteiger partial charge is 0.306 e. The third-order valence-electron chi connectivity index (χ3n) is 18.0. The van der Waals surface area contributed by atoms with Gasteiger partial charge in [-0.2, -0.15) is 0 Å². The molecule has 0 spiro atoms. The third kappa shape index (κ3) is 10.3. The SMILES string of the molecule is C=C(COC(=O)CC(C)(C)CC(=O)O)[C@@H]1CC[C@]2(COC(=O)CC(C)(C)CC(=O)O)CC[C@]3(C)[C@H](CC[C@@H]4[C@@]5(C)CCC(OC(=O)CC(C)(C)CC(=O)O)C(C)(C)[C@@H]5CC[C@]43C)[C@@H]12. The molecule has 1 unspecified atom stereocenters. The first-order valence-electron chi connectivity index (χ1n) is 23.7. The lowest BCUT2D eigenvalue weighted by Crippen LogP contribution is -2.67. The number of carboxylic acid groups (broad SMARTS) is 3. The summed E-state index contributed by atoms with van der Waals surface area (Å²) in [6.45, 7) is 27.5. The van der Waals surface area contributed by atoms with Crippen molar-refractivity contribution in [1.29, 1.82) is 0 Å². The molecule has 10 atom stereocenters. The van der Waals surface area contributed by atoms with Gasteiger partial charge < -0.3 is 29.5 Å². The largest absolute Gasteiger partial charge is 0.481 e. The number of ether oxygens (including phenoxy) is 3. The summed E-state index contributed by atoms with van der Waals surface area (Å²) >= 11 is 0. The van der Waals surface area contributed by atoms with E-state index in [2.05, 4.69) is 41.2 Å². The Morgan fingerprint density at radius 1 is 0.571 bits per heavy atom. The molecule has 5 saturated carbocycles. The van der Waals surface area contributed by atoms with E-state index in [0.717, 1.165) is 69.8 Å². The van der Waals surface area contributed by atoms with Crippen LogP contribution in [0.1, 0.15) is 179 Å². The van der Waals surface area contributed by atoms with Gasteiger partial charge in [0.2, 0.25) is 0 Å². The Morgan fingerprint density at radius 2 is 1.10 bits per heavy atom. The van der Waals surface area contributed by atoms with Crippen LogP contribution in [0.4, 0.5) is 0 Å². The van der Waals surface area contributed by atoms with E-state index in [9.17, 15) is 44.1 Å². The number of fused-ring (bicyclic) bond motifs is 7. The maximum atomic E-state index is 13.5. The molecule has 0 aromatic rings. The van der Waals surface area contributed by atoms with Crippen molar-refractivity contribution in [3.63, 3.8) is 0 Å². The van der Waals surface area contributed by atoms with Crippen molar-refractivity contribution in [2.75, 3.05) is 13.2 Å². The number of esters is 3. The summed E-state index contributed by atoms with van der Waals surface area (Å²) in [7, 11) is 0. The Bertz CT molecular complexity index is 1810. The number of carboxylic acids is 3. The summed E-state index contributed by atoms with van der Waals surface area (Å²) < 4.78 is 18.3. The number of carbonyl (C=O) groups excluding carboxylic acids is 3. The minimum atomic E-state index is -0.968. The predicted octanol–water partition coefficient (Wildman–Crippen LogP) is 10.3. The molecule has 12 nitrogen and oxygen atoms in total. The fraction of sp³-hybridized carbons (Fsp3) is 0.843. The highest BCUT2D eigenvalue weighted by Crippen LogP contribution is 2.77. The zero-order chi connectivity index (χ0) is 47.4. The molecular formula is C51H80O12. The summed E-state index contributed by atoms with van der Waals surface area (Å²) in [4.78, 5) is 74.3. The lowest BCUT2D eigenvalue weighted by atomic mass is 9.32. The first kappa shape index (κ1) is 50.6. The van der Waals surface area contributed by atoms with Crippen LogP contribution in [0.3, 0.4) is 0 Å². The molecule has 0 radical (unpaired) electrons. The Balaban J connectivity index is 1.40. The van der Waals surface area contributed by atoms with Crippen LogP contribution in [0.15, 0.2) is 12.2 Å². The van der Waals surface area contributed by atoms with Gasteiger partial charge in [-0.25, -0.2) is 0 Å². The van der Waals surface area contributed by atoms with E-state index in [1.807, 2.05) is 0 Å². The molecule has 5 aliphatic carbocycles. The van der Waals surface area contributed by atoms with Gasteiger partial charge in [-0.3, -0.25) is 28.8 Å². The topological polar surface area (TPSA) is 191 Å². The van der Waals surface area contributed by atoms with Crippen LogP contribution in [0.25, 0.3) is 0 Å². The highest BCUT2D eigenvalue weighted by Gasteiger charge is 2.71. The number of hydrogen-bond donors (Lipinski definition) is 3. The van der Waals surface area contributed by atoms with Gasteiger partial charge >= 0.3 is 35.8 Å². The van der Waals surface area contributed by atoms with E-state index in [1.54, 1.807) is 41.5 Å². The van der Waals surface area contributed by atoms with E-state index < -0.39 is 46.1 Å². The Morgan fingerprint density at radius 3 is 1.63 bits per heavy atom. The van der Waals surface area contributed by atoms with Crippen LogP contribution in [0.5, 0.6) is 0 Å². The Hall–Kier alpha value is -3.44. The number of hydrogen-bond acceptors (Lipinski definition) is 9. The molecule has 0 aromatic carbocycles. The van der Waals surface area contributed by atoms with Gasteiger partial charge in [-0.1, -0.05) is 82.7 Å². The fourth-order valence-corrected chi connectivity index (χ4v) is 15.0. The van der Waals surface area contributed by atoms with Crippen LogP contribution in [-0.2, 0) is 43.0 Å². The molecule has 0 bridgehead atoms. The monoisotopic (exact) mass is 885 g/mol. The fourth-order valence-electron chi connectivity index (χ4n) is 15.0. The molecule has 0 heterocycles. The molecule has 0 aromatic heterocycles. The lowest BCUT2D eigenvalue weighted by molar-refractivity contribution is -0.252.